The summed E-state index contributed by atoms with van der Waals surface area (Å²) in [6.07, 6.45) is 0. The Labute approximate surface area is 157 Å². The minimum Gasteiger partial charge on any atom is -0.350 e. The molecule has 0 spiro atoms. The molecule has 1 amide bonds. The van der Waals surface area contributed by atoms with E-state index in [1.807, 2.05) is 39.0 Å². The average molecular weight is 365 g/mol. The molecule has 27 heavy (non-hydrogen) atoms. The molecule has 140 valence electrons. The van der Waals surface area contributed by atoms with Gasteiger partial charge in [-0.15, -0.1) is 0 Å². The highest BCUT2D eigenvalue weighted by Crippen LogP contribution is 2.25. The third-order valence-corrected chi connectivity index (χ3v) is 4.53. The average Bonchev–Trinajstić information content (AvgIpc) is 2.95. The fourth-order valence-electron chi connectivity index (χ4n) is 3.19. The molecule has 0 aliphatic heterocycles. The Bertz CT molecular complexity index is 1010. The standard InChI is InChI=1S/C20H23N5O2/c1-12-11-13(2)25(20(27)22-12)10-9-21-19(26)17-7-5-16(6-8-17)18-14(3)23-24-15(18)4/h5-8,11H,9-10H2,1-4H3,(H,21,26)(H,23,24). The van der Waals surface area contributed by atoms with Crippen LogP contribution >= 0.6 is 0 Å². The van der Waals surface area contributed by atoms with Crippen LogP contribution in [0.15, 0.2) is 35.1 Å². The molecule has 0 fully saturated rings. The van der Waals surface area contributed by atoms with Crippen molar-refractivity contribution < 1.29 is 4.79 Å². The van der Waals surface area contributed by atoms with Gasteiger partial charge >= 0.3 is 5.69 Å². The van der Waals surface area contributed by atoms with Crippen LogP contribution in [0.2, 0.25) is 0 Å². The van der Waals surface area contributed by atoms with Crippen LogP contribution in [-0.2, 0) is 6.54 Å². The van der Waals surface area contributed by atoms with Crippen molar-refractivity contribution in [1.82, 2.24) is 25.1 Å². The van der Waals surface area contributed by atoms with Gasteiger partial charge in [-0.1, -0.05) is 12.1 Å². The maximum Gasteiger partial charge on any atom is 0.348 e. The molecule has 3 rings (SSSR count). The van der Waals surface area contributed by atoms with Gasteiger partial charge in [-0.25, -0.2) is 4.79 Å². The Kier molecular flexibility index (Phi) is 5.21. The topological polar surface area (TPSA) is 92.7 Å². The minimum atomic E-state index is -0.294. The van der Waals surface area contributed by atoms with E-state index in [4.69, 9.17) is 0 Å². The van der Waals surface area contributed by atoms with E-state index in [0.29, 0.717) is 24.3 Å². The molecule has 1 aromatic carbocycles. The molecule has 0 atom stereocenters. The van der Waals surface area contributed by atoms with Crippen LogP contribution in [0.1, 0.15) is 33.1 Å². The summed E-state index contributed by atoms with van der Waals surface area (Å²) < 4.78 is 1.56. The van der Waals surface area contributed by atoms with E-state index in [2.05, 4.69) is 20.5 Å². The van der Waals surface area contributed by atoms with Crippen LogP contribution in [0.4, 0.5) is 0 Å². The number of hydrogen-bond acceptors (Lipinski definition) is 4. The number of rotatable bonds is 5. The van der Waals surface area contributed by atoms with E-state index in [1.165, 1.54) is 0 Å². The van der Waals surface area contributed by atoms with Crippen LogP contribution in [0.3, 0.4) is 0 Å². The molecule has 0 saturated carbocycles. The highest BCUT2D eigenvalue weighted by atomic mass is 16.2. The van der Waals surface area contributed by atoms with Crippen molar-refractivity contribution in [2.75, 3.05) is 6.54 Å². The maximum atomic E-state index is 12.4. The first-order chi connectivity index (χ1) is 12.9. The number of nitrogens with one attached hydrogen (secondary N) is 2. The lowest BCUT2D eigenvalue weighted by atomic mass is 10.0. The molecule has 7 nitrogen and oxygen atoms in total. The van der Waals surface area contributed by atoms with Crippen LogP contribution in [-0.4, -0.2) is 32.2 Å². The maximum absolute atomic E-state index is 12.4. The molecule has 0 aliphatic rings. The third kappa shape index (κ3) is 3.97. The Hall–Kier alpha value is -3.22. The molecule has 0 saturated heterocycles. The lowest BCUT2D eigenvalue weighted by Crippen LogP contribution is -2.33. The second-order valence-corrected chi connectivity index (χ2v) is 6.62. The predicted molar refractivity (Wildman–Crippen MR) is 104 cm³/mol. The van der Waals surface area contributed by atoms with Crippen LogP contribution in [0.25, 0.3) is 11.1 Å². The van der Waals surface area contributed by atoms with E-state index < -0.39 is 0 Å². The van der Waals surface area contributed by atoms with Crippen molar-refractivity contribution in [3.05, 3.63) is 69.2 Å². The van der Waals surface area contributed by atoms with Crippen molar-refractivity contribution in [3.8, 4) is 11.1 Å². The first-order valence-electron chi connectivity index (χ1n) is 8.82. The third-order valence-electron chi connectivity index (χ3n) is 4.53. The molecule has 0 aliphatic carbocycles. The van der Waals surface area contributed by atoms with Gasteiger partial charge in [-0.3, -0.25) is 14.5 Å². The Morgan fingerprint density at radius 3 is 2.44 bits per heavy atom. The van der Waals surface area contributed by atoms with Gasteiger partial charge in [0, 0.05) is 41.3 Å². The van der Waals surface area contributed by atoms with E-state index in [0.717, 1.165) is 28.2 Å². The van der Waals surface area contributed by atoms with Gasteiger partial charge < -0.3 is 5.32 Å². The van der Waals surface area contributed by atoms with Gasteiger partial charge in [-0.2, -0.15) is 10.1 Å². The molecule has 2 heterocycles. The first-order valence-corrected chi connectivity index (χ1v) is 8.82. The summed E-state index contributed by atoms with van der Waals surface area (Å²) in [5, 5.41) is 10.0. The fraction of sp³-hybridized carbons (Fsp3) is 0.300. The second-order valence-electron chi connectivity index (χ2n) is 6.62. The van der Waals surface area contributed by atoms with Gasteiger partial charge in [0.2, 0.25) is 0 Å². The number of H-pyrrole nitrogens is 1. The molecule has 3 aromatic rings. The normalized spacial score (nSPS) is 10.8. The monoisotopic (exact) mass is 365 g/mol. The minimum absolute atomic E-state index is 0.173. The van der Waals surface area contributed by atoms with E-state index >= 15 is 0 Å². The van der Waals surface area contributed by atoms with Gasteiger partial charge in [0.15, 0.2) is 0 Å². The summed E-state index contributed by atoms with van der Waals surface area (Å²) in [6, 6.07) is 9.27. The van der Waals surface area contributed by atoms with Crippen LogP contribution < -0.4 is 11.0 Å². The number of aromatic amines is 1. The van der Waals surface area contributed by atoms with Gasteiger partial charge in [0.05, 0.1) is 5.69 Å². The smallest absolute Gasteiger partial charge is 0.348 e. The highest BCUT2D eigenvalue weighted by molar-refractivity contribution is 5.94. The Morgan fingerprint density at radius 1 is 1.15 bits per heavy atom. The molecule has 2 aromatic heterocycles. The fourth-order valence-corrected chi connectivity index (χ4v) is 3.19. The van der Waals surface area contributed by atoms with Crippen molar-refractivity contribution >= 4 is 5.91 Å². The SMILES string of the molecule is Cc1cc(C)n(CCNC(=O)c2ccc(-c3c(C)n[nH]c3C)cc2)c(=O)n1. The molecule has 0 radical (unpaired) electrons. The van der Waals surface area contributed by atoms with Crippen LogP contribution in [0.5, 0.6) is 0 Å². The predicted octanol–water partition coefficient (Wildman–Crippen LogP) is 2.30. The quantitative estimate of drug-likeness (QED) is 0.726. The van der Waals surface area contributed by atoms with Gasteiger partial charge in [0.1, 0.15) is 0 Å². The lowest BCUT2D eigenvalue weighted by molar-refractivity contribution is 0.0952. The molecule has 0 bridgehead atoms. The first kappa shape index (κ1) is 18.6. The number of hydrogen-bond donors (Lipinski definition) is 2. The largest absolute Gasteiger partial charge is 0.350 e. The molecule has 7 heteroatoms. The molecule has 0 unspecified atom stereocenters. The summed E-state index contributed by atoms with van der Waals surface area (Å²) in [4.78, 5) is 28.2. The van der Waals surface area contributed by atoms with E-state index in [1.54, 1.807) is 23.6 Å². The van der Waals surface area contributed by atoms with E-state index in [-0.39, 0.29) is 11.6 Å². The lowest BCUT2D eigenvalue weighted by Gasteiger charge is -2.11. The molecular formula is C20H23N5O2. The summed E-state index contributed by atoms with van der Waals surface area (Å²) in [7, 11) is 0. The number of aryl methyl sites for hydroxylation is 4. The zero-order valence-corrected chi connectivity index (χ0v) is 16.0. The number of carbonyl (C=O) groups excluding carboxylic acids is 1. The van der Waals surface area contributed by atoms with Crippen molar-refractivity contribution in [3.63, 3.8) is 0 Å². The Balaban J connectivity index is 1.65. The second kappa shape index (κ2) is 7.57. The zero-order chi connectivity index (χ0) is 19.6. The molecule has 2 N–H and O–H groups in total. The summed E-state index contributed by atoms with van der Waals surface area (Å²) in [6.45, 7) is 8.30. The number of benzene rings is 1. The number of amides is 1. The van der Waals surface area contributed by atoms with Crippen molar-refractivity contribution in [1.29, 1.82) is 0 Å². The number of aromatic nitrogens is 4. The summed E-state index contributed by atoms with van der Waals surface area (Å²) >= 11 is 0. The number of nitrogens with zero attached hydrogens (tertiary/aromatic N) is 3. The Morgan fingerprint density at radius 2 is 1.85 bits per heavy atom. The zero-order valence-electron chi connectivity index (χ0n) is 16.0. The van der Waals surface area contributed by atoms with E-state index in [9.17, 15) is 9.59 Å². The summed E-state index contributed by atoms with van der Waals surface area (Å²) in [5.74, 6) is -0.173. The number of carbonyl (C=O) groups is 1. The summed E-state index contributed by atoms with van der Waals surface area (Å²) in [5.41, 5.74) is 5.81. The van der Waals surface area contributed by atoms with Crippen molar-refractivity contribution in [2.45, 2.75) is 34.2 Å². The van der Waals surface area contributed by atoms with Crippen LogP contribution in [0, 0.1) is 27.7 Å². The highest BCUT2D eigenvalue weighted by Gasteiger charge is 2.11. The van der Waals surface area contributed by atoms with Gasteiger partial charge in [0.25, 0.3) is 5.91 Å². The van der Waals surface area contributed by atoms with Crippen molar-refractivity contribution in [2.24, 2.45) is 0 Å². The van der Waals surface area contributed by atoms with Gasteiger partial charge in [-0.05, 0) is 51.5 Å². The molecular weight excluding hydrogens is 342 g/mol.